The second-order valence-corrected chi connectivity index (χ2v) is 9.95. The van der Waals surface area contributed by atoms with Gasteiger partial charge in [0.25, 0.3) is 5.91 Å². The number of piperidine rings is 1. The third kappa shape index (κ3) is 4.88. The lowest BCUT2D eigenvalue weighted by Gasteiger charge is -2.35. The minimum atomic E-state index is -0.110. The molecule has 1 aliphatic heterocycles. The summed E-state index contributed by atoms with van der Waals surface area (Å²) in [6, 6.07) is 13.5. The van der Waals surface area contributed by atoms with E-state index >= 15 is 0 Å². The van der Waals surface area contributed by atoms with Crippen LogP contribution in [-0.4, -0.2) is 40.8 Å². The normalized spacial score (nSPS) is 17.8. The Morgan fingerprint density at radius 2 is 1.73 bits per heavy atom. The molecule has 2 amide bonds. The number of benzene rings is 1. The number of thiazole rings is 1. The predicted molar refractivity (Wildman–Crippen MR) is 129 cm³/mol. The Kier molecular flexibility index (Phi) is 6.58. The number of nitrogens with one attached hydrogen (secondary N) is 1. The number of rotatable bonds is 5. The number of carbonyl (C=O) groups is 2. The summed E-state index contributed by atoms with van der Waals surface area (Å²) in [5, 5.41) is 3.90. The molecule has 3 heterocycles. The van der Waals surface area contributed by atoms with Crippen LogP contribution in [0.15, 0.2) is 53.1 Å². The second-order valence-electron chi connectivity index (χ2n) is 8.95. The number of carbonyl (C=O) groups excluding carboxylic acids is 2. The summed E-state index contributed by atoms with van der Waals surface area (Å²) in [6.07, 6.45) is 8.83. The number of furan rings is 1. The van der Waals surface area contributed by atoms with E-state index in [0.717, 1.165) is 31.2 Å². The third-order valence-corrected chi connectivity index (χ3v) is 7.78. The Morgan fingerprint density at radius 3 is 2.42 bits per heavy atom. The molecule has 0 unspecified atom stereocenters. The van der Waals surface area contributed by atoms with Gasteiger partial charge >= 0.3 is 0 Å². The Labute approximate surface area is 198 Å². The van der Waals surface area contributed by atoms with Gasteiger partial charge in [0.1, 0.15) is 4.88 Å². The summed E-state index contributed by atoms with van der Waals surface area (Å²) in [6.45, 7) is 1.43. The van der Waals surface area contributed by atoms with Gasteiger partial charge in [0.15, 0.2) is 10.8 Å². The van der Waals surface area contributed by atoms with Crippen molar-refractivity contribution in [3.8, 4) is 22.0 Å². The van der Waals surface area contributed by atoms with Crippen LogP contribution in [0.4, 0.5) is 0 Å². The zero-order chi connectivity index (χ0) is 22.6. The van der Waals surface area contributed by atoms with Crippen molar-refractivity contribution in [2.24, 2.45) is 5.92 Å². The molecule has 172 valence electrons. The first-order chi connectivity index (χ1) is 16.2. The molecular formula is C26H29N3O3S. The molecule has 2 aliphatic rings. The summed E-state index contributed by atoms with van der Waals surface area (Å²) >= 11 is 1.35. The number of nitrogens with zero attached hydrogens (tertiary/aromatic N) is 2. The summed E-state index contributed by atoms with van der Waals surface area (Å²) in [7, 11) is 0. The molecule has 1 aromatic carbocycles. The van der Waals surface area contributed by atoms with Crippen LogP contribution < -0.4 is 5.32 Å². The molecular weight excluding hydrogens is 434 g/mol. The molecule has 2 fully saturated rings. The molecule has 0 radical (unpaired) electrons. The van der Waals surface area contributed by atoms with Crippen molar-refractivity contribution in [1.82, 2.24) is 15.2 Å². The van der Waals surface area contributed by atoms with Crippen molar-refractivity contribution in [2.75, 3.05) is 13.1 Å². The maximum absolute atomic E-state index is 13.3. The fourth-order valence-corrected chi connectivity index (χ4v) is 5.83. The first kappa shape index (κ1) is 21.9. The Bertz CT molecular complexity index is 1080. The molecule has 7 heteroatoms. The third-order valence-electron chi connectivity index (χ3n) is 6.71. The lowest BCUT2D eigenvalue weighted by Crippen LogP contribution is -2.48. The number of amides is 2. The highest BCUT2D eigenvalue weighted by molar-refractivity contribution is 7.17. The fraction of sp³-hybridized carbons (Fsp3) is 0.423. The average molecular weight is 464 g/mol. The molecule has 0 bridgehead atoms. The lowest BCUT2D eigenvalue weighted by molar-refractivity contribution is -0.137. The van der Waals surface area contributed by atoms with E-state index in [-0.39, 0.29) is 17.9 Å². The highest BCUT2D eigenvalue weighted by Crippen LogP contribution is 2.34. The summed E-state index contributed by atoms with van der Waals surface area (Å²) in [4.78, 5) is 33.5. The van der Waals surface area contributed by atoms with E-state index in [1.54, 1.807) is 6.26 Å². The van der Waals surface area contributed by atoms with Crippen LogP contribution in [0.3, 0.4) is 0 Å². The average Bonchev–Trinajstić information content (AvgIpc) is 3.56. The van der Waals surface area contributed by atoms with Crippen LogP contribution in [0.2, 0.25) is 0 Å². The molecule has 1 saturated carbocycles. The van der Waals surface area contributed by atoms with Crippen LogP contribution in [0.25, 0.3) is 22.0 Å². The van der Waals surface area contributed by atoms with Crippen molar-refractivity contribution >= 4 is 23.2 Å². The van der Waals surface area contributed by atoms with E-state index in [2.05, 4.69) is 5.32 Å². The number of aromatic nitrogens is 1. The maximum atomic E-state index is 13.3. The zero-order valence-electron chi connectivity index (χ0n) is 18.7. The molecule has 2 aromatic heterocycles. The molecule has 0 spiro atoms. The topological polar surface area (TPSA) is 75.4 Å². The van der Waals surface area contributed by atoms with Gasteiger partial charge in [-0.3, -0.25) is 9.59 Å². The molecule has 6 nitrogen and oxygen atoms in total. The predicted octanol–water partition coefficient (Wildman–Crippen LogP) is 5.37. The Morgan fingerprint density at radius 1 is 0.970 bits per heavy atom. The van der Waals surface area contributed by atoms with Crippen molar-refractivity contribution in [3.05, 3.63) is 53.6 Å². The molecule has 0 atom stereocenters. The smallest absolute Gasteiger partial charge is 0.263 e. The van der Waals surface area contributed by atoms with Crippen LogP contribution in [0, 0.1) is 5.92 Å². The standard InChI is InChI=1S/C26H29N3O3S/c30-24(27-20-13-15-29(16-14-20)26(31)19-10-5-2-6-11-19)23-22(18-8-3-1-4-9-18)28-25(33-23)21-12-7-17-32-21/h1,3-4,7-9,12,17,19-20H,2,5-6,10-11,13-16H2,(H,27,30). The monoisotopic (exact) mass is 463 g/mol. The van der Waals surface area contributed by atoms with Crippen LogP contribution in [-0.2, 0) is 4.79 Å². The number of hydrogen-bond donors (Lipinski definition) is 1. The first-order valence-electron chi connectivity index (χ1n) is 11.9. The van der Waals surface area contributed by atoms with Gasteiger partial charge in [-0.25, -0.2) is 4.98 Å². The van der Waals surface area contributed by atoms with Crippen molar-refractivity contribution < 1.29 is 14.0 Å². The SMILES string of the molecule is O=C(NC1CCN(C(=O)C2CCCCC2)CC1)c1sc(-c2ccco2)nc1-c1ccccc1. The molecule has 5 rings (SSSR count). The maximum Gasteiger partial charge on any atom is 0.263 e. The minimum absolute atomic E-state index is 0.0608. The number of likely N-dealkylation sites (tertiary alicyclic amines) is 1. The molecule has 1 saturated heterocycles. The van der Waals surface area contributed by atoms with Crippen molar-refractivity contribution in [3.63, 3.8) is 0 Å². The highest BCUT2D eigenvalue weighted by Gasteiger charge is 2.30. The van der Waals surface area contributed by atoms with Gasteiger partial charge in [-0.15, -0.1) is 11.3 Å². The summed E-state index contributed by atoms with van der Waals surface area (Å²) in [5.41, 5.74) is 1.58. The number of hydrogen-bond acceptors (Lipinski definition) is 5. The fourth-order valence-electron chi connectivity index (χ4n) is 4.87. The van der Waals surface area contributed by atoms with Gasteiger partial charge in [0.2, 0.25) is 5.91 Å². The lowest BCUT2D eigenvalue weighted by atomic mass is 9.87. The molecule has 1 aliphatic carbocycles. The van der Waals surface area contributed by atoms with E-state index in [1.165, 1.54) is 30.6 Å². The van der Waals surface area contributed by atoms with Crippen LogP contribution in [0.1, 0.15) is 54.6 Å². The molecule has 1 N–H and O–H groups in total. The first-order valence-corrected chi connectivity index (χ1v) is 12.7. The van der Waals surface area contributed by atoms with E-state index in [0.29, 0.717) is 40.3 Å². The van der Waals surface area contributed by atoms with E-state index in [9.17, 15) is 9.59 Å². The van der Waals surface area contributed by atoms with Crippen LogP contribution in [0.5, 0.6) is 0 Å². The highest BCUT2D eigenvalue weighted by atomic mass is 32.1. The van der Waals surface area contributed by atoms with Gasteiger partial charge in [0, 0.05) is 30.6 Å². The van der Waals surface area contributed by atoms with Gasteiger partial charge in [0.05, 0.1) is 12.0 Å². The minimum Gasteiger partial charge on any atom is -0.462 e. The zero-order valence-corrected chi connectivity index (χ0v) is 19.5. The molecule has 33 heavy (non-hydrogen) atoms. The van der Waals surface area contributed by atoms with E-state index in [1.807, 2.05) is 47.4 Å². The second kappa shape index (κ2) is 9.91. The molecule has 3 aromatic rings. The van der Waals surface area contributed by atoms with E-state index < -0.39 is 0 Å². The van der Waals surface area contributed by atoms with Gasteiger partial charge in [-0.2, -0.15) is 0 Å². The van der Waals surface area contributed by atoms with Gasteiger partial charge < -0.3 is 14.6 Å². The van der Waals surface area contributed by atoms with Crippen molar-refractivity contribution in [2.45, 2.75) is 51.0 Å². The largest absolute Gasteiger partial charge is 0.462 e. The summed E-state index contributed by atoms with van der Waals surface area (Å²) < 4.78 is 5.52. The van der Waals surface area contributed by atoms with Gasteiger partial charge in [-0.1, -0.05) is 49.6 Å². The van der Waals surface area contributed by atoms with Crippen molar-refractivity contribution in [1.29, 1.82) is 0 Å². The van der Waals surface area contributed by atoms with Crippen LogP contribution >= 0.6 is 11.3 Å². The quantitative estimate of drug-likeness (QED) is 0.552. The van der Waals surface area contributed by atoms with Gasteiger partial charge in [-0.05, 0) is 37.8 Å². The van der Waals surface area contributed by atoms with E-state index in [4.69, 9.17) is 9.40 Å². The summed E-state index contributed by atoms with van der Waals surface area (Å²) in [5.74, 6) is 1.07. The Hall–Kier alpha value is -2.93. The Balaban J connectivity index is 1.27.